The highest BCUT2D eigenvalue weighted by molar-refractivity contribution is 7.13. The van der Waals surface area contributed by atoms with Crippen molar-refractivity contribution in [2.24, 2.45) is 0 Å². The molecule has 4 nitrogen and oxygen atoms in total. The van der Waals surface area contributed by atoms with Crippen molar-refractivity contribution in [1.82, 2.24) is 10.3 Å². The van der Waals surface area contributed by atoms with Gasteiger partial charge in [0.25, 0.3) is 0 Å². The molecule has 2 rings (SSSR count). The monoisotopic (exact) mass is 282 g/mol. The average Bonchev–Trinajstić information content (AvgIpc) is 2.85. The van der Waals surface area contributed by atoms with Crippen LogP contribution in [0.15, 0.2) is 0 Å². The molecule has 1 aliphatic rings. The van der Waals surface area contributed by atoms with E-state index in [2.05, 4.69) is 19.2 Å². The molecule has 1 saturated heterocycles. The normalized spacial score (nSPS) is 16.8. The minimum absolute atomic E-state index is 0.219. The van der Waals surface area contributed by atoms with Crippen molar-refractivity contribution in [2.75, 3.05) is 19.7 Å². The summed E-state index contributed by atoms with van der Waals surface area (Å²) in [6.07, 6.45) is 2.21. The predicted molar refractivity (Wildman–Crippen MR) is 77.0 cm³/mol. The highest BCUT2D eigenvalue weighted by Crippen LogP contribution is 2.33. The lowest BCUT2D eigenvalue weighted by molar-refractivity contribution is 0.0530. The first-order valence-corrected chi connectivity index (χ1v) is 7.83. The van der Waals surface area contributed by atoms with Gasteiger partial charge in [0.15, 0.2) is 0 Å². The van der Waals surface area contributed by atoms with Crippen LogP contribution in [-0.4, -0.2) is 30.6 Å². The highest BCUT2D eigenvalue weighted by Gasteiger charge is 2.25. The second kappa shape index (κ2) is 6.48. The Labute approximate surface area is 118 Å². The fourth-order valence-corrected chi connectivity index (χ4v) is 3.61. The zero-order valence-corrected chi connectivity index (χ0v) is 12.7. The molecule has 0 spiro atoms. The number of carbonyl (C=O) groups excluding carboxylic acids is 1. The van der Waals surface area contributed by atoms with Gasteiger partial charge < -0.3 is 10.1 Å². The van der Waals surface area contributed by atoms with Gasteiger partial charge in [0.1, 0.15) is 4.88 Å². The quantitative estimate of drug-likeness (QED) is 0.863. The number of esters is 1. The third-order valence-electron chi connectivity index (χ3n) is 3.37. The van der Waals surface area contributed by atoms with Crippen LogP contribution in [0, 0.1) is 0 Å². The van der Waals surface area contributed by atoms with Crippen LogP contribution in [0.25, 0.3) is 0 Å². The minimum Gasteiger partial charge on any atom is -0.462 e. The fraction of sp³-hybridized carbons (Fsp3) is 0.714. The van der Waals surface area contributed by atoms with Crippen molar-refractivity contribution in [1.29, 1.82) is 0 Å². The first-order valence-electron chi connectivity index (χ1n) is 7.02. The Morgan fingerprint density at radius 3 is 2.74 bits per heavy atom. The summed E-state index contributed by atoms with van der Waals surface area (Å²) in [5, 5.41) is 4.46. The van der Waals surface area contributed by atoms with E-state index in [1.165, 1.54) is 11.3 Å². The van der Waals surface area contributed by atoms with Crippen molar-refractivity contribution in [3.8, 4) is 0 Å². The Morgan fingerprint density at radius 2 is 2.16 bits per heavy atom. The molecule has 0 aliphatic carbocycles. The maximum atomic E-state index is 12.0. The van der Waals surface area contributed by atoms with E-state index < -0.39 is 0 Å². The van der Waals surface area contributed by atoms with Crippen LogP contribution in [0.3, 0.4) is 0 Å². The van der Waals surface area contributed by atoms with E-state index in [-0.39, 0.29) is 11.9 Å². The minimum atomic E-state index is -0.219. The van der Waals surface area contributed by atoms with Crippen LogP contribution in [-0.2, 0) is 4.74 Å². The van der Waals surface area contributed by atoms with Crippen molar-refractivity contribution in [3.05, 3.63) is 15.6 Å². The summed E-state index contributed by atoms with van der Waals surface area (Å²) in [5.41, 5.74) is 0.900. The van der Waals surface area contributed by atoms with Gasteiger partial charge in [0, 0.05) is 5.92 Å². The number of nitrogens with zero attached hydrogens (tertiary/aromatic N) is 1. The number of hydrogen-bond donors (Lipinski definition) is 1. The molecule has 1 aromatic heterocycles. The molecule has 1 aliphatic heterocycles. The summed E-state index contributed by atoms with van der Waals surface area (Å²) in [6.45, 7) is 8.47. The zero-order valence-electron chi connectivity index (χ0n) is 11.9. The standard InChI is InChI=1S/C14H22N2O2S/c1-4-18-14(17)12-11(9(2)3)16-13(19-12)10-5-7-15-8-6-10/h9-10,15H,4-8H2,1-3H3. The molecule has 0 bridgehead atoms. The number of piperidine rings is 1. The van der Waals surface area contributed by atoms with Crippen LogP contribution in [0.2, 0.25) is 0 Å². The van der Waals surface area contributed by atoms with Crippen molar-refractivity contribution < 1.29 is 9.53 Å². The van der Waals surface area contributed by atoms with Crippen molar-refractivity contribution >= 4 is 17.3 Å². The molecule has 0 amide bonds. The van der Waals surface area contributed by atoms with Crippen molar-refractivity contribution in [2.45, 2.75) is 45.4 Å². The Hall–Kier alpha value is -0.940. The lowest BCUT2D eigenvalue weighted by Crippen LogP contribution is -2.26. The third kappa shape index (κ3) is 3.34. The summed E-state index contributed by atoms with van der Waals surface area (Å²) >= 11 is 1.53. The van der Waals surface area contributed by atoms with Gasteiger partial charge >= 0.3 is 5.97 Å². The fourth-order valence-electron chi connectivity index (χ4n) is 2.33. The summed E-state index contributed by atoms with van der Waals surface area (Å²) in [7, 11) is 0. The van der Waals surface area contributed by atoms with Crippen molar-refractivity contribution in [3.63, 3.8) is 0 Å². The molecule has 0 atom stereocenters. The summed E-state index contributed by atoms with van der Waals surface area (Å²) in [6, 6.07) is 0. The third-order valence-corrected chi connectivity index (χ3v) is 4.58. The van der Waals surface area contributed by atoms with Crippen LogP contribution in [0.5, 0.6) is 0 Å². The summed E-state index contributed by atoms with van der Waals surface area (Å²) < 4.78 is 5.14. The van der Waals surface area contributed by atoms with Crippen LogP contribution < -0.4 is 5.32 Å². The van der Waals surface area contributed by atoms with Gasteiger partial charge in [-0.05, 0) is 38.8 Å². The lowest BCUT2D eigenvalue weighted by Gasteiger charge is -2.20. The predicted octanol–water partition coefficient (Wildman–Crippen LogP) is 2.91. The number of carbonyl (C=O) groups is 1. The topological polar surface area (TPSA) is 51.2 Å². The van der Waals surface area contributed by atoms with Gasteiger partial charge in [0.05, 0.1) is 17.3 Å². The number of aromatic nitrogens is 1. The number of thiazole rings is 1. The average molecular weight is 282 g/mol. The molecule has 1 fully saturated rings. The Kier molecular flexibility index (Phi) is 4.93. The van der Waals surface area contributed by atoms with Gasteiger partial charge in [-0.25, -0.2) is 9.78 Å². The molecular formula is C14H22N2O2S. The molecule has 0 radical (unpaired) electrons. The molecule has 5 heteroatoms. The van der Waals surface area contributed by atoms with E-state index in [1.54, 1.807) is 0 Å². The first kappa shape index (κ1) is 14.5. The smallest absolute Gasteiger partial charge is 0.350 e. The maximum Gasteiger partial charge on any atom is 0.350 e. The molecule has 1 N–H and O–H groups in total. The van der Waals surface area contributed by atoms with E-state index >= 15 is 0 Å². The van der Waals surface area contributed by atoms with Gasteiger partial charge in [-0.1, -0.05) is 13.8 Å². The largest absolute Gasteiger partial charge is 0.462 e. The van der Waals surface area contributed by atoms with E-state index in [4.69, 9.17) is 9.72 Å². The van der Waals surface area contributed by atoms with Gasteiger partial charge in [0.2, 0.25) is 0 Å². The maximum absolute atomic E-state index is 12.0. The second-order valence-corrected chi connectivity index (χ2v) is 6.20. The molecule has 0 aromatic carbocycles. The molecule has 2 heterocycles. The number of rotatable bonds is 4. The molecule has 0 unspecified atom stereocenters. The SMILES string of the molecule is CCOC(=O)c1sc(C2CCNCC2)nc1C(C)C. The van der Waals surface area contributed by atoms with Gasteiger partial charge in [-0.2, -0.15) is 0 Å². The molecular weight excluding hydrogens is 260 g/mol. The van der Waals surface area contributed by atoms with Gasteiger partial charge in [-0.15, -0.1) is 11.3 Å². The van der Waals surface area contributed by atoms with Crippen LogP contribution >= 0.6 is 11.3 Å². The van der Waals surface area contributed by atoms with Crippen LogP contribution in [0.1, 0.15) is 65.8 Å². The van der Waals surface area contributed by atoms with Crippen LogP contribution in [0.4, 0.5) is 0 Å². The zero-order chi connectivity index (χ0) is 13.8. The Balaban J connectivity index is 2.26. The Bertz CT molecular complexity index is 437. The number of hydrogen-bond acceptors (Lipinski definition) is 5. The van der Waals surface area contributed by atoms with E-state index in [0.29, 0.717) is 17.4 Å². The lowest BCUT2D eigenvalue weighted by atomic mass is 9.99. The number of nitrogens with one attached hydrogen (secondary N) is 1. The highest BCUT2D eigenvalue weighted by atomic mass is 32.1. The van der Waals surface area contributed by atoms with E-state index in [1.807, 2.05) is 6.92 Å². The molecule has 19 heavy (non-hydrogen) atoms. The second-order valence-electron chi connectivity index (χ2n) is 5.17. The summed E-state index contributed by atoms with van der Waals surface area (Å²) in [5.74, 6) is 0.530. The number of ether oxygens (including phenoxy) is 1. The first-order chi connectivity index (χ1) is 9.13. The summed E-state index contributed by atoms with van der Waals surface area (Å²) in [4.78, 5) is 17.4. The van der Waals surface area contributed by atoms with E-state index in [0.717, 1.165) is 36.6 Å². The van der Waals surface area contributed by atoms with Gasteiger partial charge in [-0.3, -0.25) is 0 Å². The Morgan fingerprint density at radius 1 is 1.47 bits per heavy atom. The molecule has 1 aromatic rings. The van der Waals surface area contributed by atoms with E-state index in [9.17, 15) is 4.79 Å². The molecule has 0 saturated carbocycles. The molecule has 106 valence electrons.